The maximum atomic E-state index is 14.1. The van der Waals surface area contributed by atoms with Crippen molar-refractivity contribution in [3.05, 3.63) is 71.5 Å². The second-order valence-corrected chi connectivity index (χ2v) is 8.11. The highest BCUT2D eigenvalue weighted by Gasteiger charge is 2.29. The van der Waals surface area contributed by atoms with Gasteiger partial charge in [-0.15, -0.1) is 0 Å². The molecule has 0 saturated heterocycles. The van der Waals surface area contributed by atoms with Gasteiger partial charge in [0.15, 0.2) is 0 Å². The van der Waals surface area contributed by atoms with Gasteiger partial charge in [0.2, 0.25) is 10.0 Å². The Morgan fingerprint density at radius 2 is 1.88 bits per heavy atom. The van der Waals surface area contributed by atoms with Crippen molar-refractivity contribution < 1.29 is 12.8 Å². The second-order valence-electron chi connectivity index (χ2n) is 5.70. The van der Waals surface area contributed by atoms with Crippen molar-refractivity contribution in [1.82, 2.24) is 19.1 Å². The van der Waals surface area contributed by atoms with Gasteiger partial charge in [0.1, 0.15) is 23.4 Å². The molecule has 0 bridgehead atoms. The predicted molar refractivity (Wildman–Crippen MR) is 96.1 cm³/mol. The molecule has 0 amide bonds. The van der Waals surface area contributed by atoms with E-state index in [1.807, 2.05) is 12.1 Å². The van der Waals surface area contributed by atoms with Gasteiger partial charge in [-0.3, -0.25) is 0 Å². The van der Waals surface area contributed by atoms with Crippen molar-refractivity contribution in [3.8, 4) is 5.69 Å². The Balaban J connectivity index is 1.87. The fourth-order valence-electron chi connectivity index (χ4n) is 2.50. The quantitative estimate of drug-likeness (QED) is 0.664. The molecule has 1 atom stereocenters. The minimum absolute atomic E-state index is 0.140. The summed E-state index contributed by atoms with van der Waals surface area (Å²) < 4.78 is 42.3. The van der Waals surface area contributed by atoms with Gasteiger partial charge >= 0.3 is 0 Å². The summed E-state index contributed by atoms with van der Waals surface area (Å²) in [4.78, 5) is 3.48. The highest BCUT2D eigenvalue weighted by molar-refractivity contribution is 7.89. The molecule has 0 unspecified atom stereocenters. The van der Waals surface area contributed by atoms with Gasteiger partial charge in [-0.25, -0.2) is 22.5 Å². The van der Waals surface area contributed by atoms with E-state index in [4.69, 9.17) is 11.6 Å². The zero-order valence-electron chi connectivity index (χ0n) is 14.0. The standard InChI is InChI=1S/C17H16ClFN4O2S/c1-12(13-3-6-15(7-4-13)23-11-20-10-21-23)22(2)26(24,25)17-8-5-14(18)9-16(17)19/h3-12H,1-2H3/t12-/m1/s1. The summed E-state index contributed by atoms with van der Waals surface area (Å²) in [6.07, 6.45) is 3.00. The molecular weight excluding hydrogens is 379 g/mol. The van der Waals surface area contributed by atoms with Gasteiger partial charge in [-0.1, -0.05) is 23.7 Å². The highest BCUT2D eigenvalue weighted by Crippen LogP contribution is 2.28. The molecule has 3 aromatic rings. The average molecular weight is 395 g/mol. The van der Waals surface area contributed by atoms with E-state index >= 15 is 0 Å². The molecule has 3 rings (SSSR count). The van der Waals surface area contributed by atoms with E-state index in [0.29, 0.717) is 0 Å². The van der Waals surface area contributed by atoms with E-state index in [2.05, 4.69) is 10.1 Å². The first kappa shape index (κ1) is 18.5. The molecule has 6 nitrogen and oxygen atoms in total. The molecule has 0 aliphatic rings. The van der Waals surface area contributed by atoms with Crippen LogP contribution in [-0.4, -0.2) is 34.5 Å². The maximum absolute atomic E-state index is 14.1. The van der Waals surface area contributed by atoms with E-state index in [1.54, 1.807) is 30.1 Å². The van der Waals surface area contributed by atoms with Crippen LogP contribution in [-0.2, 0) is 10.0 Å². The molecule has 0 fully saturated rings. The number of nitrogens with zero attached hydrogens (tertiary/aromatic N) is 4. The van der Waals surface area contributed by atoms with Crippen molar-refractivity contribution in [1.29, 1.82) is 0 Å². The SMILES string of the molecule is C[C@H](c1ccc(-n2cncn2)cc1)N(C)S(=O)(=O)c1ccc(Cl)cc1F. The van der Waals surface area contributed by atoms with Crippen molar-refractivity contribution in [3.63, 3.8) is 0 Å². The van der Waals surface area contributed by atoms with Crippen molar-refractivity contribution in [2.45, 2.75) is 17.9 Å². The first-order chi connectivity index (χ1) is 12.3. The van der Waals surface area contributed by atoms with Crippen molar-refractivity contribution in [2.75, 3.05) is 7.05 Å². The fourth-order valence-corrected chi connectivity index (χ4v) is 4.06. The second kappa shape index (κ2) is 7.14. The predicted octanol–water partition coefficient (Wildman–Crippen LogP) is 3.44. The highest BCUT2D eigenvalue weighted by atomic mass is 35.5. The lowest BCUT2D eigenvalue weighted by atomic mass is 10.1. The third kappa shape index (κ3) is 3.48. The van der Waals surface area contributed by atoms with Crippen LogP contribution in [0.4, 0.5) is 4.39 Å². The number of hydrogen-bond donors (Lipinski definition) is 0. The minimum atomic E-state index is -4.01. The lowest BCUT2D eigenvalue weighted by Crippen LogP contribution is -2.30. The molecule has 0 radical (unpaired) electrons. The molecular formula is C17H16ClFN4O2S. The smallest absolute Gasteiger partial charge is 0.223 e. The molecule has 0 spiro atoms. The summed E-state index contributed by atoms with van der Waals surface area (Å²) in [6, 6.07) is 10.2. The summed E-state index contributed by atoms with van der Waals surface area (Å²) >= 11 is 5.70. The summed E-state index contributed by atoms with van der Waals surface area (Å²) in [7, 11) is -2.60. The van der Waals surface area contributed by atoms with Gasteiger partial charge in [0.25, 0.3) is 0 Å². The Hall–Kier alpha value is -2.29. The molecule has 1 heterocycles. The molecule has 0 N–H and O–H groups in total. The van der Waals surface area contributed by atoms with Crippen LogP contribution in [0.25, 0.3) is 5.69 Å². The number of sulfonamides is 1. The molecule has 9 heteroatoms. The van der Waals surface area contributed by atoms with Crippen LogP contribution >= 0.6 is 11.6 Å². The zero-order valence-corrected chi connectivity index (χ0v) is 15.6. The molecule has 2 aromatic carbocycles. The third-order valence-corrected chi connectivity index (χ3v) is 6.35. The van der Waals surface area contributed by atoms with Crippen LogP contribution in [0, 0.1) is 5.82 Å². The number of halogens is 2. The molecule has 0 aliphatic carbocycles. The average Bonchev–Trinajstić information content (AvgIpc) is 3.15. The van der Waals surface area contributed by atoms with E-state index in [-0.39, 0.29) is 5.02 Å². The molecule has 1 aromatic heterocycles. The summed E-state index contributed by atoms with van der Waals surface area (Å²) in [5, 5.41) is 4.18. The molecule has 0 saturated carbocycles. The first-order valence-corrected chi connectivity index (χ1v) is 9.50. The number of hydrogen-bond acceptors (Lipinski definition) is 4. The van der Waals surface area contributed by atoms with Crippen LogP contribution in [0.15, 0.2) is 60.0 Å². The van der Waals surface area contributed by atoms with Gasteiger partial charge < -0.3 is 0 Å². The third-order valence-electron chi connectivity index (χ3n) is 4.16. The Kier molecular flexibility index (Phi) is 5.08. The Morgan fingerprint density at radius 3 is 2.46 bits per heavy atom. The normalized spacial score (nSPS) is 13.1. The largest absolute Gasteiger partial charge is 0.246 e. The Morgan fingerprint density at radius 1 is 1.19 bits per heavy atom. The van der Waals surface area contributed by atoms with E-state index in [1.165, 1.54) is 25.5 Å². The lowest BCUT2D eigenvalue weighted by Gasteiger charge is -2.25. The fraction of sp³-hybridized carbons (Fsp3) is 0.176. The van der Waals surface area contributed by atoms with Crippen LogP contribution in [0.1, 0.15) is 18.5 Å². The summed E-state index contributed by atoms with van der Waals surface area (Å²) in [5.41, 5.74) is 1.56. The monoisotopic (exact) mass is 394 g/mol. The molecule has 26 heavy (non-hydrogen) atoms. The lowest BCUT2D eigenvalue weighted by molar-refractivity contribution is 0.395. The number of aromatic nitrogens is 3. The van der Waals surface area contributed by atoms with Crippen LogP contribution in [0.5, 0.6) is 0 Å². The number of benzene rings is 2. The van der Waals surface area contributed by atoms with E-state index in [9.17, 15) is 12.8 Å². The van der Waals surface area contributed by atoms with Crippen molar-refractivity contribution >= 4 is 21.6 Å². The Labute approximate surface area is 155 Å². The van der Waals surface area contributed by atoms with Crippen LogP contribution in [0.3, 0.4) is 0 Å². The topological polar surface area (TPSA) is 68.1 Å². The molecule has 0 aliphatic heterocycles. The molecule has 136 valence electrons. The van der Waals surface area contributed by atoms with Gasteiger partial charge in [-0.2, -0.15) is 9.40 Å². The van der Waals surface area contributed by atoms with E-state index < -0.39 is 26.8 Å². The van der Waals surface area contributed by atoms with Gasteiger partial charge in [0.05, 0.1) is 5.69 Å². The van der Waals surface area contributed by atoms with Crippen LogP contribution in [0.2, 0.25) is 5.02 Å². The minimum Gasteiger partial charge on any atom is -0.223 e. The van der Waals surface area contributed by atoms with Crippen molar-refractivity contribution in [2.24, 2.45) is 0 Å². The zero-order chi connectivity index (χ0) is 18.9. The maximum Gasteiger partial charge on any atom is 0.246 e. The summed E-state index contributed by atoms with van der Waals surface area (Å²) in [5.74, 6) is -0.877. The van der Waals surface area contributed by atoms with Crippen LogP contribution < -0.4 is 0 Å². The Bertz CT molecular complexity index is 1010. The van der Waals surface area contributed by atoms with Gasteiger partial charge in [0, 0.05) is 18.1 Å². The number of rotatable bonds is 5. The van der Waals surface area contributed by atoms with E-state index in [0.717, 1.165) is 21.6 Å². The summed E-state index contributed by atoms with van der Waals surface area (Å²) in [6.45, 7) is 1.73. The van der Waals surface area contributed by atoms with Gasteiger partial charge in [-0.05, 0) is 42.8 Å². The first-order valence-electron chi connectivity index (χ1n) is 7.69.